The molecule has 1 heterocycles. The first-order valence-corrected chi connectivity index (χ1v) is 10.0. The van der Waals surface area contributed by atoms with Crippen molar-refractivity contribution in [1.82, 2.24) is 4.72 Å². The lowest BCUT2D eigenvalue weighted by molar-refractivity contribution is -0.117. The average molecular weight is 390 g/mol. The van der Waals surface area contributed by atoms with Crippen LogP contribution in [0, 0.1) is 0 Å². The van der Waals surface area contributed by atoms with Crippen LogP contribution in [0.4, 0.5) is 5.69 Å². The predicted molar refractivity (Wildman–Crippen MR) is 102 cm³/mol. The lowest BCUT2D eigenvalue weighted by Crippen LogP contribution is -2.26. The number of amides is 1. The van der Waals surface area contributed by atoms with E-state index in [0.29, 0.717) is 30.0 Å². The lowest BCUT2D eigenvalue weighted by Gasteiger charge is -2.18. The molecule has 144 valence electrons. The van der Waals surface area contributed by atoms with Crippen LogP contribution < -0.4 is 19.1 Å². The fourth-order valence-electron chi connectivity index (χ4n) is 3.06. The maximum atomic E-state index is 12.9. The molecule has 0 unspecified atom stereocenters. The van der Waals surface area contributed by atoms with Crippen LogP contribution in [0.25, 0.3) is 0 Å². The number of rotatable bonds is 7. The molecule has 0 spiro atoms. The van der Waals surface area contributed by atoms with Crippen LogP contribution in [-0.2, 0) is 21.4 Å². The van der Waals surface area contributed by atoms with E-state index in [9.17, 15) is 13.2 Å². The number of sulfonamides is 1. The maximum absolute atomic E-state index is 12.9. The second-order valence-electron chi connectivity index (χ2n) is 6.12. The summed E-state index contributed by atoms with van der Waals surface area (Å²) in [6, 6.07) is 11.9. The smallest absolute Gasteiger partial charge is 0.244 e. The van der Waals surface area contributed by atoms with Gasteiger partial charge >= 0.3 is 0 Å². The quantitative estimate of drug-likeness (QED) is 0.784. The zero-order chi connectivity index (χ0) is 19.4. The second-order valence-corrected chi connectivity index (χ2v) is 7.86. The van der Waals surface area contributed by atoms with E-state index < -0.39 is 10.0 Å². The van der Waals surface area contributed by atoms with E-state index in [4.69, 9.17) is 9.47 Å². The molecule has 7 nitrogen and oxygen atoms in total. The predicted octanol–water partition coefficient (Wildman–Crippen LogP) is 2.31. The molecule has 0 bridgehead atoms. The molecule has 3 rings (SSSR count). The topological polar surface area (TPSA) is 84.9 Å². The highest BCUT2D eigenvalue weighted by Gasteiger charge is 2.26. The van der Waals surface area contributed by atoms with Crippen LogP contribution in [0.3, 0.4) is 0 Å². The van der Waals surface area contributed by atoms with Crippen LogP contribution in [0.2, 0.25) is 0 Å². The first-order chi connectivity index (χ1) is 13.0. The second kappa shape index (κ2) is 7.98. The Kier molecular flexibility index (Phi) is 5.67. The Labute approximate surface area is 158 Å². The summed E-state index contributed by atoms with van der Waals surface area (Å²) in [6.07, 6.45) is 1.24. The van der Waals surface area contributed by atoms with Crippen molar-refractivity contribution in [2.24, 2.45) is 0 Å². The molecule has 0 radical (unpaired) electrons. The van der Waals surface area contributed by atoms with E-state index in [1.54, 1.807) is 29.2 Å². The zero-order valence-corrected chi connectivity index (χ0v) is 16.1. The molecule has 1 N–H and O–H groups in total. The van der Waals surface area contributed by atoms with Gasteiger partial charge in [0.1, 0.15) is 16.4 Å². The maximum Gasteiger partial charge on any atom is 0.244 e. The van der Waals surface area contributed by atoms with Gasteiger partial charge in [-0.1, -0.05) is 18.2 Å². The van der Waals surface area contributed by atoms with Crippen LogP contribution in [0.5, 0.6) is 11.5 Å². The van der Waals surface area contributed by atoms with Crippen molar-refractivity contribution in [2.45, 2.75) is 24.3 Å². The Morgan fingerprint density at radius 3 is 2.48 bits per heavy atom. The molecule has 27 heavy (non-hydrogen) atoms. The van der Waals surface area contributed by atoms with Crippen molar-refractivity contribution < 1.29 is 22.7 Å². The van der Waals surface area contributed by atoms with Gasteiger partial charge in [-0.3, -0.25) is 4.79 Å². The Balaban J connectivity index is 1.89. The molecule has 0 saturated carbocycles. The Morgan fingerprint density at radius 1 is 1.07 bits per heavy atom. The largest absolute Gasteiger partial charge is 0.496 e. The molecule has 1 aliphatic heterocycles. The SMILES string of the molecule is COc1ccccc1CNS(=O)(=O)c1cc(N2CCCC2=O)ccc1OC. The van der Waals surface area contributed by atoms with E-state index in [2.05, 4.69) is 4.72 Å². The fourth-order valence-corrected chi connectivity index (χ4v) is 4.26. The monoisotopic (exact) mass is 390 g/mol. The van der Waals surface area contributed by atoms with Crippen LogP contribution in [0.1, 0.15) is 18.4 Å². The number of nitrogens with zero attached hydrogens (tertiary/aromatic N) is 1. The van der Waals surface area contributed by atoms with Crippen molar-refractivity contribution in [1.29, 1.82) is 0 Å². The summed E-state index contributed by atoms with van der Waals surface area (Å²) in [5.74, 6) is 0.812. The van der Waals surface area contributed by atoms with E-state index >= 15 is 0 Å². The minimum Gasteiger partial charge on any atom is -0.496 e. The highest BCUT2D eigenvalue weighted by atomic mass is 32.2. The standard InChI is InChI=1S/C19H22N2O5S/c1-25-16-7-4-3-6-14(16)13-20-27(23,24)18-12-15(9-10-17(18)26-2)21-11-5-8-19(21)22/h3-4,6-7,9-10,12,20H,5,8,11,13H2,1-2H3. The average Bonchev–Trinajstić information content (AvgIpc) is 3.12. The molecule has 0 aliphatic carbocycles. The summed E-state index contributed by atoms with van der Waals surface area (Å²) in [4.78, 5) is 13.6. The molecule has 8 heteroatoms. The van der Waals surface area contributed by atoms with Crippen molar-refractivity contribution in [3.05, 3.63) is 48.0 Å². The van der Waals surface area contributed by atoms with Gasteiger partial charge in [-0.15, -0.1) is 0 Å². The van der Waals surface area contributed by atoms with Gasteiger partial charge in [0.25, 0.3) is 0 Å². The van der Waals surface area contributed by atoms with Crippen molar-refractivity contribution in [3.63, 3.8) is 0 Å². The Morgan fingerprint density at radius 2 is 1.81 bits per heavy atom. The molecule has 2 aromatic carbocycles. The lowest BCUT2D eigenvalue weighted by atomic mass is 10.2. The van der Waals surface area contributed by atoms with E-state index in [-0.39, 0.29) is 23.1 Å². The molecule has 0 aromatic heterocycles. The normalized spacial score (nSPS) is 14.4. The van der Waals surface area contributed by atoms with Gasteiger partial charge in [-0.25, -0.2) is 13.1 Å². The summed E-state index contributed by atoms with van der Waals surface area (Å²) in [7, 11) is -0.918. The first kappa shape index (κ1) is 19.2. The van der Waals surface area contributed by atoms with Crippen molar-refractivity contribution in [3.8, 4) is 11.5 Å². The third kappa shape index (κ3) is 4.06. The van der Waals surface area contributed by atoms with Crippen molar-refractivity contribution >= 4 is 21.6 Å². The molecule has 0 atom stereocenters. The number of methoxy groups -OCH3 is 2. The number of carbonyl (C=O) groups excluding carboxylic acids is 1. The van der Waals surface area contributed by atoms with Gasteiger partial charge in [0.15, 0.2) is 0 Å². The Hall–Kier alpha value is -2.58. The van der Waals surface area contributed by atoms with Gasteiger partial charge in [0.2, 0.25) is 15.9 Å². The molecule has 1 amide bonds. The molecular weight excluding hydrogens is 368 g/mol. The number of nitrogens with one attached hydrogen (secondary N) is 1. The molecule has 1 fully saturated rings. The van der Waals surface area contributed by atoms with Crippen LogP contribution >= 0.6 is 0 Å². The van der Waals surface area contributed by atoms with Gasteiger partial charge < -0.3 is 14.4 Å². The first-order valence-electron chi connectivity index (χ1n) is 8.56. The summed E-state index contributed by atoms with van der Waals surface area (Å²) in [5.41, 5.74) is 1.27. The van der Waals surface area contributed by atoms with Crippen LogP contribution in [-0.4, -0.2) is 35.1 Å². The summed E-state index contributed by atoms with van der Waals surface area (Å²) in [6.45, 7) is 0.654. The molecule has 2 aromatic rings. The Bertz CT molecular complexity index is 943. The molecule has 1 saturated heterocycles. The van der Waals surface area contributed by atoms with Gasteiger partial charge in [0, 0.05) is 30.8 Å². The van der Waals surface area contributed by atoms with E-state index in [1.165, 1.54) is 20.3 Å². The molecular formula is C19H22N2O5S. The van der Waals surface area contributed by atoms with E-state index in [1.807, 2.05) is 12.1 Å². The number of para-hydroxylation sites is 1. The van der Waals surface area contributed by atoms with Crippen LogP contribution in [0.15, 0.2) is 47.4 Å². The number of anilines is 1. The highest BCUT2D eigenvalue weighted by molar-refractivity contribution is 7.89. The third-order valence-corrected chi connectivity index (χ3v) is 5.89. The highest BCUT2D eigenvalue weighted by Crippen LogP contribution is 2.31. The summed E-state index contributed by atoms with van der Waals surface area (Å²) in [5, 5.41) is 0. The van der Waals surface area contributed by atoms with E-state index in [0.717, 1.165) is 6.42 Å². The molecule has 1 aliphatic rings. The summed E-state index contributed by atoms with van der Waals surface area (Å²) >= 11 is 0. The number of hydrogen-bond acceptors (Lipinski definition) is 5. The number of carbonyl (C=O) groups is 1. The zero-order valence-electron chi connectivity index (χ0n) is 15.3. The number of benzene rings is 2. The summed E-state index contributed by atoms with van der Waals surface area (Å²) < 4.78 is 38.9. The third-order valence-electron chi connectivity index (χ3n) is 4.47. The minimum absolute atomic E-state index is 0.00269. The minimum atomic E-state index is -3.86. The van der Waals surface area contributed by atoms with Gasteiger partial charge in [0.05, 0.1) is 14.2 Å². The number of hydrogen-bond donors (Lipinski definition) is 1. The van der Waals surface area contributed by atoms with Gasteiger partial charge in [-0.05, 0) is 30.7 Å². The number of ether oxygens (including phenoxy) is 2. The van der Waals surface area contributed by atoms with Gasteiger partial charge in [-0.2, -0.15) is 0 Å². The van der Waals surface area contributed by atoms with Crippen molar-refractivity contribution in [2.75, 3.05) is 25.7 Å². The fraction of sp³-hybridized carbons (Fsp3) is 0.316.